The van der Waals surface area contributed by atoms with Gasteiger partial charge < -0.3 is 5.32 Å². The van der Waals surface area contributed by atoms with Gasteiger partial charge in [-0.1, -0.05) is 43.6 Å². The number of para-hydroxylation sites is 1. The number of halogens is 1. The first-order chi connectivity index (χ1) is 12.3. The average molecular weight is 395 g/mol. The molecule has 0 radical (unpaired) electrons. The van der Waals surface area contributed by atoms with Crippen LogP contribution in [0.2, 0.25) is 5.02 Å². The van der Waals surface area contributed by atoms with E-state index in [1.807, 2.05) is 31.2 Å². The highest BCUT2D eigenvalue weighted by Gasteiger charge is 2.31. The van der Waals surface area contributed by atoms with Crippen LogP contribution in [0.3, 0.4) is 0 Å². The van der Waals surface area contributed by atoms with Gasteiger partial charge in [-0.05, 0) is 48.7 Å². The average Bonchev–Trinajstić information content (AvgIpc) is 2.60. The van der Waals surface area contributed by atoms with E-state index in [9.17, 15) is 13.2 Å². The Bertz CT molecular complexity index is 867. The first kappa shape index (κ1) is 20.3. The molecule has 0 heterocycles. The summed E-state index contributed by atoms with van der Waals surface area (Å²) in [5.74, 6) is -0.367. The number of carbonyl (C=O) groups excluding carboxylic acids is 1. The molecular formula is C19H23ClN2O3S. The van der Waals surface area contributed by atoms with Gasteiger partial charge >= 0.3 is 0 Å². The molecule has 2 aromatic carbocycles. The highest BCUT2D eigenvalue weighted by Crippen LogP contribution is 2.25. The van der Waals surface area contributed by atoms with Gasteiger partial charge in [0.25, 0.3) is 0 Å². The fourth-order valence-corrected chi connectivity index (χ4v) is 4.15. The lowest BCUT2D eigenvalue weighted by Gasteiger charge is -2.30. The summed E-state index contributed by atoms with van der Waals surface area (Å²) in [6.45, 7) is 3.78. The Kier molecular flexibility index (Phi) is 6.67. The van der Waals surface area contributed by atoms with Crippen LogP contribution in [0.5, 0.6) is 0 Å². The summed E-state index contributed by atoms with van der Waals surface area (Å²) in [6.07, 6.45) is 2.19. The van der Waals surface area contributed by atoms with Crippen LogP contribution < -0.4 is 9.62 Å². The van der Waals surface area contributed by atoms with Gasteiger partial charge in [0.15, 0.2) is 0 Å². The van der Waals surface area contributed by atoms with Crippen LogP contribution in [-0.2, 0) is 21.2 Å². The maximum Gasteiger partial charge on any atom is 0.248 e. The van der Waals surface area contributed by atoms with Gasteiger partial charge in [-0.15, -0.1) is 0 Å². The van der Waals surface area contributed by atoms with E-state index >= 15 is 0 Å². The Morgan fingerprint density at radius 2 is 1.73 bits per heavy atom. The summed E-state index contributed by atoms with van der Waals surface area (Å²) < 4.78 is 26.0. The zero-order valence-corrected chi connectivity index (χ0v) is 16.6. The van der Waals surface area contributed by atoms with E-state index < -0.39 is 16.1 Å². The number of rotatable bonds is 7. The van der Waals surface area contributed by atoms with Gasteiger partial charge in [0.1, 0.15) is 6.04 Å². The normalized spacial score (nSPS) is 12.5. The van der Waals surface area contributed by atoms with Crippen molar-refractivity contribution >= 4 is 38.9 Å². The van der Waals surface area contributed by atoms with Gasteiger partial charge in [0.2, 0.25) is 15.9 Å². The van der Waals surface area contributed by atoms with Gasteiger partial charge in [0, 0.05) is 10.7 Å². The predicted molar refractivity (Wildman–Crippen MR) is 107 cm³/mol. The third-order valence-corrected chi connectivity index (χ3v) is 5.50. The molecule has 5 nitrogen and oxygen atoms in total. The quantitative estimate of drug-likeness (QED) is 0.769. The maximum atomic E-state index is 12.9. The number of nitrogens with zero attached hydrogens (tertiary/aromatic N) is 1. The van der Waals surface area contributed by atoms with Crippen LogP contribution >= 0.6 is 11.6 Å². The Balaban J connectivity index is 2.38. The second kappa shape index (κ2) is 8.56. The molecule has 0 spiro atoms. The molecule has 0 aliphatic rings. The van der Waals surface area contributed by atoms with E-state index in [1.54, 1.807) is 31.2 Å². The van der Waals surface area contributed by atoms with E-state index in [-0.39, 0.29) is 5.91 Å². The Labute approximate surface area is 160 Å². The summed E-state index contributed by atoms with van der Waals surface area (Å²) >= 11 is 5.90. The largest absolute Gasteiger partial charge is 0.324 e. The molecule has 7 heteroatoms. The second-order valence-electron chi connectivity index (χ2n) is 5.96. The monoisotopic (exact) mass is 394 g/mol. The highest BCUT2D eigenvalue weighted by molar-refractivity contribution is 7.92. The molecule has 2 rings (SSSR count). The molecule has 0 unspecified atom stereocenters. The lowest BCUT2D eigenvalue weighted by atomic mass is 10.1. The number of anilines is 2. The number of hydrogen-bond donors (Lipinski definition) is 1. The van der Waals surface area contributed by atoms with Crippen LogP contribution in [0, 0.1) is 0 Å². The Hall–Kier alpha value is -2.05. The first-order valence-electron chi connectivity index (χ1n) is 8.41. The molecule has 2 aromatic rings. The minimum atomic E-state index is -3.67. The molecule has 0 bridgehead atoms. The van der Waals surface area contributed by atoms with Gasteiger partial charge in [-0.2, -0.15) is 0 Å². The molecule has 0 fully saturated rings. The van der Waals surface area contributed by atoms with E-state index in [2.05, 4.69) is 5.32 Å². The minimum absolute atomic E-state index is 0.329. The summed E-state index contributed by atoms with van der Waals surface area (Å²) in [5, 5.41) is 3.37. The van der Waals surface area contributed by atoms with Crippen molar-refractivity contribution in [2.75, 3.05) is 15.9 Å². The number of benzene rings is 2. The molecule has 1 atom stereocenters. The van der Waals surface area contributed by atoms with E-state index in [1.165, 1.54) is 0 Å². The lowest BCUT2D eigenvalue weighted by Crippen LogP contribution is -2.47. The molecule has 1 N–H and O–H groups in total. The van der Waals surface area contributed by atoms with Crippen molar-refractivity contribution in [1.82, 2.24) is 0 Å². The van der Waals surface area contributed by atoms with Crippen molar-refractivity contribution in [2.45, 2.75) is 32.7 Å². The summed E-state index contributed by atoms with van der Waals surface area (Å²) in [7, 11) is -3.67. The van der Waals surface area contributed by atoms with Crippen molar-refractivity contribution in [2.24, 2.45) is 0 Å². The smallest absolute Gasteiger partial charge is 0.248 e. The minimum Gasteiger partial charge on any atom is -0.324 e. The SMILES string of the molecule is CCc1ccccc1NC(=O)[C@@H](CC)N(c1ccc(Cl)cc1)S(C)(=O)=O. The predicted octanol–water partition coefficient (Wildman–Crippen LogP) is 4.09. The van der Waals surface area contributed by atoms with E-state index in [0.717, 1.165) is 22.5 Å². The fourth-order valence-electron chi connectivity index (χ4n) is 2.81. The molecular weight excluding hydrogens is 372 g/mol. The summed E-state index contributed by atoms with van der Waals surface area (Å²) in [6, 6.07) is 13.0. The van der Waals surface area contributed by atoms with Crippen LogP contribution in [-0.4, -0.2) is 26.6 Å². The van der Waals surface area contributed by atoms with Crippen molar-refractivity contribution in [3.8, 4) is 0 Å². The molecule has 0 saturated carbocycles. The molecule has 0 aliphatic heterocycles. The van der Waals surface area contributed by atoms with Crippen molar-refractivity contribution in [3.05, 3.63) is 59.1 Å². The first-order valence-corrected chi connectivity index (χ1v) is 10.6. The third kappa shape index (κ3) is 4.77. The number of aryl methyl sites for hydroxylation is 1. The molecule has 26 heavy (non-hydrogen) atoms. The third-order valence-electron chi connectivity index (χ3n) is 4.07. The molecule has 0 aromatic heterocycles. The topological polar surface area (TPSA) is 66.5 Å². The molecule has 1 amide bonds. The Morgan fingerprint density at radius 3 is 2.27 bits per heavy atom. The fraction of sp³-hybridized carbons (Fsp3) is 0.316. The zero-order valence-electron chi connectivity index (χ0n) is 15.1. The van der Waals surface area contributed by atoms with E-state index in [4.69, 9.17) is 11.6 Å². The molecule has 0 aliphatic carbocycles. The maximum absolute atomic E-state index is 12.9. The number of carbonyl (C=O) groups is 1. The van der Waals surface area contributed by atoms with Crippen LogP contribution in [0.4, 0.5) is 11.4 Å². The molecule has 140 valence electrons. The number of hydrogen-bond acceptors (Lipinski definition) is 3. The van der Waals surface area contributed by atoms with Crippen molar-refractivity contribution in [3.63, 3.8) is 0 Å². The van der Waals surface area contributed by atoms with Gasteiger partial charge in [0.05, 0.1) is 11.9 Å². The number of nitrogens with one attached hydrogen (secondary N) is 1. The zero-order chi connectivity index (χ0) is 19.3. The van der Waals surface area contributed by atoms with Gasteiger partial charge in [-0.25, -0.2) is 8.42 Å². The number of amides is 1. The van der Waals surface area contributed by atoms with Crippen LogP contribution in [0.1, 0.15) is 25.8 Å². The number of sulfonamides is 1. The van der Waals surface area contributed by atoms with Crippen LogP contribution in [0.25, 0.3) is 0 Å². The van der Waals surface area contributed by atoms with Crippen LogP contribution in [0.15, 0.2) is 48.5 Å². The second-order valence-corrected chi connectivity index (χ2v) is 8.26. The van der Waals surface area contributed by atoms with Gasteiger partial charge in [-0.3, -0.25) is 9.10 Å². The van der Waals surface area contributed by atoms with Crippen molar-refractivity contribution < 1.29 is 13.2 Å². The Morgan fingerprint density at radius 1 is 1.12 bits per heavy atom. The highest BCUT2D eigenvalue weighted by atomic mass is 35.5. The lowest BCUT2D eigenvalue weighted by molar-refractivity contribution is -0.117. The summed E-state index contributed by atoms with van der Waals surface area (Å²) in [4.78, 5) is 12.9. The standard InChI is InChI=1S/C19H23ClN2O3S/c1-4-14-8-6-7-9-17(14)21-19(23)18(5-2)22(26(3,24)25)16-12-10-15(20)11-13-16/h6-13,18H,4-5H2,1-3H3,(H,21,23)/t18-/m1/s1. The summed E-state index contributed by atoms with van der Waals surface area (Å²) in [5.41, 5.74) is 2.10. The molecule has 0 saturated heterocycles. The van der Waals surface area contributed by atoms with E-state index in [0.29, 0.717) is 22.8 Å². The van der Waals surface area contributed by atoms with Crippen molar-refractivity contribution in [1.29, 1.82) is 0 Å².